The molecule has 0 radical (unpaired) electrons. The van der Waals surface area contributed by atoms with Crippen molar-refractivity contribution < 1.29 is 4.74 Å². The van der Waals surface area contributed by atoms with Crippen molar-refractivity contribution in [3.63, 3.8) is 0 Å². The molecule has 0 unspecified atom stereocenters. The molecule has 29 heavy (non-hydrogen) atoms. The van der Waals surface area contributed by atoms with Crippen LogP contribution < -0.4 is 4.74 Å². The van der Waals surface area contributed by atoms with Gasteiger partial charge in [0.15, 0.2) is 0 Å². The van der Waals surface area contributed by atoms with Crippen LogP contribution in [0.15, 0.2) is 24.3 Å². The van der Waals surface area contributed by atoms with Crippen LogP contribution in [0.1, 0.15) is 122 Å². The summed E-state index contributed by atoms with van der Waals surface area (Å²) in [6.45, 7) is 5.54. The smallest absolute Gasteiger partial charge is 0.119 e. The van der Waals surface area contributed by atoms with Gasteiger partial charge in [0.25, 0.3) is 0 Å². The van der Waals surface area contributed by atoms with Crippen LogP contribution in [-0.4, -0.2) is 6.61 Å². The second-order valence-corrected chi connectivity index (χ2v) is 10.1. The van der Waals surface area contributed by atoms with Crippen molar-refractivity contribution in [1.82, 2.24) is 0 Å². The van der Waals surface area contributed by atoms with Gasteiger partial charge in [-0.1, -0.05) is 83.8 Å². The third-order valence-corrected chi connectivity index (χ3v) is 7.98. The third-order valence-electron chi connectivity index (χ3n) is 7.98. The van der Waals surface area contributed by atoms with Crippen molar-refractivity contribution in [1.29, 1.82) is 0 Å². The third kappa shape index (κ3) is 7.65. The first kappa shape index (κ1) is 22.7. The number of hydrogen-bond acceptors (Lipinski definition) is 1. The number of benzene rings is 1. The summed E-state index contributed by atoms with van der Waals surface area (Å²) in [5.74, 6) is 4.82. The first-order chi connectivity index (χ1) is 14.3. The molecule has 0 atom stereocenters. The second-order valence-electron chi connectivity index (χ2n) is 10.1. The summed E-state index contributed by atoms with van der Waals surface area (Å²) in [5, 5.41) is 0. The van der Waals surface area contributed by atoms with Crippen LogP contribution in [0.3, 0.4) is 0 Å². The van der Waals surface area contributed by atoms with Gasteiger partial charge < -0.3 is 4.74 Å². The molecule has 0 bridgehead atoms. The fraction of sp³-hybridized carbons (Fsp3) is 0.786. The van der Waals surface area contributed by atoms with Crippen molar-refractivity contribution in [2.45, 2.75) is 116 Å². The molecule has 0 aliphatic heterocycles. The molecule has 2 aliphatic carbocycles. The fourth-order valence-electron chi connectivity index (χ4n) is 5.79. The number of unbranched alkanes of at least 4 members (excludes halogenated alkanes) is 2. The molecule has 2 saturated carbocycles. The van der Waals surface area contributed by atoms with Crippen LogP contribution in [0.5, 0.6) is 5.75 Å². The van der Waals surface area contributed by atoms with E-state index in [1.807, 2.05) is 0 Å². The summed E-state index contributed by atoms with van der Waals surface area (Å²) >= 11 is 0. The summed E-state index contributed by atoms with van der Waals surface area (Å²) in [7, 11) is 0. The normalized spacial score (nSPS) is 27.7. The molecule has 0 aromatic heterocycles. The van der Waals surface area contributed by atoms with Gasteiger partial charge in [-0.25, -0.2) is 0 Å². The Balaban J connectivity index is 1.27. The van der Waals surface area contributed by atoms with Crippen molar-refractivity contribution in [3.8, 4) is 5.75 Å². The molecule has 0 saturated heterocycles. The number of hydrogen-bond donors (Lipinski definition) is 0. The molecule has 0 heterocycles. The predicted octanol–water partition coefficient (Wildman–Crippen LogP) is 8.92. The largest absolute Gasteiger partial charge is 0.494 e. The molecule has 1 heteroatoms. The van der Waals surface area contributed by atoms with E-state index >= 15 is 0 Å². The highest BCUT2D eigenvalue weighted by atomic mass is 16.5. The van der Waals surface area contributed by atoms with E-state index in [1.54, 1.807) is 0 Å². The van der Waals surface area contributed by atoms with E-state index in [1.165, 1.54) is 102 Å². The van der Waals surface area contributed by atoms with Gasteiger partial charge in [-0.05, 0) is 79.9 Å². The van der Waals surface area contributed by atoms with Gasteiger partial charge in [0.2, 0.25) is 0 Å². The Bertz CT molecular complexity index is 532. The SMILES string of the molecule is CCCCCC1CCC(CCCOc2ccc(C3CCC(CC)CC3)cc2)CC1. The van der Waals surface area contributed by atoms with Gasteiger partial charge in [0.05, 0.1) is 6.61 Å². The molecule has 2 fully saturated rings. The van der Waals surface area contributed by atoms with Crippen LogP contribution in [0.4, 0.5) is 0 Å². The molecular formula is C28H46O. The number of ether oxygens (including phenoxy) is 1. The maximum Gasteiger partial charge on any atom is 0.119 e. The Kier molecular flexibility index (Phi) is 9.91. The van der Waals surface area contributed by atoms with Crippen LogP contribution >= 0.6 is 0 Å². The van der Waals surface area contributed by atoms with Crippen LogP contribution in [0.2, 0.25) is 0 Å². The molecule has 3 rings (SSSR count). The first-order valence-corrected chi connectivity index (χ1v) is 13.0. The van der Waals surface area contributed by atoms with Gasteiger partial charge in [-0.15, -0.1) is 0 Å². The van der Waals surface area contributed by atoms with E-state index in [0.29, 0.717) is 0 Å². The second kappa shape index (κ2) is 12.7. The Labute approximate surface area is 181 Å². The van der Waals surface area contributed by atoms with E-state index in [2.05, 4.69) is 38.1 Å². The highest BCUT2D eigenvalue weighted by Gasteiger charge is 2.22. The van der Waals surface area contributed by atoms with E-state index in [0.717, 1.165) is 36.0 Å². The molecule has 164 valence electrons. The minimum absolute atomic E-state index is 0.781. The molecule has 1 nitrogen and oxygen atoms in total. The topological polar surface area (TPSA) is 9.23 Å². The minimum Gasteiger partial charge on any atom is -0.494 e. The molecule has 2 aliphatic rings. The van der Waals surface area contributed by atoms with Crippen molar-refractivity contribution >= 4 is 0 Å². The molecule has 0 N–H and O–H groups in total. The maximum absolute atomic E-state index is 6.06. The van der Waals surface area contributed by atoms with Crippen molar-refractivity contribution in [2.24, 2.45) is 17.8 Å². The van der Waals surface area contributed by atoms with E-state index in [9.17, 15) is 0 Å². The van der Waals surface area contributed by atoms with Crippen LogP contribution in [-0.2, 0) is 0 Å². The molecule has 0 amide bonds. The summed E-state index contributed by atoms with van der Waals surface area (Å²) in [5.41, 5.74) is 1.53. The highest BCUT2D eigenvalue weighted by Crippen LogP contribution is 2.37. The maximum atomic E-state index is 6.06. The zero-order chi connectivity index (χ0) is 20.3. The zero-order valence-electron chi connectivity index (χ0n) is 19.3. The molecule has 0 spiro atoms. The minimum atomic E-state index is 0.781. The monoisotopic (exact) mass is 398 g/mol. The van der Waals surface area contributed by atoms with Crippen LogP contribution in [0.25, 0.3) is 0 Å². The average molecular weight is 399 g/mol. The number of rotatable bonds is 11. The van der Waals surface area contributed by atoms with Crippen LogP contribution in [0, 0.1) is 17.8 Å². The van der Waals surface area contributed by atoms with Gasteiger partial charge in [0, 0.05) is 0 Å². The zero-order valence-corrected chi connectivity index (χ0v) is 19.3. The Hall–Kier alpha value is -0.980. The van der Waals surface area contributed by atoms with Gasteiger partial charge in [0.1, 0.15) is 5.75 Å². The first-order valence-electron chi connectivity index (χ1n) is 13.0. The lowest BCUT2D eigenvalue weighted by atomic mass is 9.78. The summed E-state index contributed by atoms with van der Waals surface area (Å²) < 4.78 is 6.06. The summed E-state index contributed by atoms with van der Waals surface area (Å²) in [4.78, 5) is 0. The fourth-order valence-corrected chi connectivity index (χ4v) is 5.79. The molecule has 1 aromatic rings. The van der Waals surface area contributed by atoms with Gasteiger partial charge in [-0.2, -0.15) is 0 Å². The Morgan fingerprint density at radius 1 is 0.690 bits per heavy atom. The van der Waals surface area contributed by atoms with Crippen molar-refractivity contribution in [3.05, 3.63) is 29.8 Å². The molecular weight excluding hydrogens is 352 g/mol. The van der Waals surface area contributed by atoms with Gasteiger partial charge in [-0.3, -0.25) is 0 Å². The summed E-state index contributed by atoms with van der Waals surface area (Å²) in [6, 6.07) is 9.07. The van der Waals surface area contributed by atoms with E-state index in [-0.39, 0.29) is 0 Å². The quantitative estimate of drug-likeness (QED) is 0.338. The standard InChI is InChI=1S/C28H46O/c1-3-5-6-8-24-10-12-25(13-11-24)9-7-22-29-28-20-18-27(19-21-28)26-16-14-23(4-2)15-17-26/h18-21,23-26H,3-17,22H2,1-2H3. The Morgan fingerprint density at radius 3 is 1.86 bits per heavy atom. The molecule has 1 aromatic carbocycles. The lowest BCUT2D eigenvalue weighted by Crippen LogP contribution is -2.15. The van der Waals surface area contributed by atoms with Crippen molar-refractivity contribution in [2.75, 3.05) is 6.61 Å². The predicted molar refractivity (Wildman–Crippen MR) is 126 cm³/mol. The lowest BCUT2D eigenvalue weighted by molar-refractivity contribution is 0.228. The van der Waals surface area contributed by atoms with E-state index in [4.69, 9.17) is 4.74 Å². The average Bonchev–Trinajstić information content (AvgIpc) is 2.78. The Morgan fingerprint density at radius 2 is 1.28 bits per heavy atom. The van der Waals surface area contributed by atoms with Gasteiger partial charge >= 0.3 is 0 Å². The highest BCUT2D eigenvalue weighted by molar-refractivity contribution is 5.29. The van der Waals surface area contributed by atoms with E-state index < -0.39 is 0 Å². The lowest BCUT2D eigenvalue weighted by Gasteiger charge is -2.28. The summed E-state index contributed by atoms with van der Waals surface area (Å²) in [6.07, 6.45) is 21.1.